The number of nitrogens with one attached hydrogen (secondary N) is 1. The third-order valence-corrected chi connectivity index (χ3v) is 7.16. The Balaban J connectivity index is 1.24. The third kappa shape index (κ3) is 6.66. The van der Waals surface area contributed by atoms with Crippen LogP contribution in [0.2, 0.25) is 0 Å². The van der Waals surface area contributed by atoms with Gasteiger partial charge in [-0.25, -0.2) is 14.5 Å². The standard InChI is InChI=1S/C30H25F3N6O2S/c1-19-5-4-6-20(2)26(19)39-21(3)17-42-29(39)36-28(40)34-16-15-22-7-9-23(10-8-22)27-35-18-38(37-27)24-11-13-25(14-12-24)41-30(31,32)33/h4-18H,1-3H3,(H,34,40)/b16-15+,36-29-. The van der Waals surface area contributed by atoms with Crippen molar-refractivity contribution in [2.45, 2.75) is 27.1 Å². The lowest BCUT2D eigenvalue weighted by atomic mass is 10.1. The van der Waals surface area contributed by atoms with Gasteiger partial charge in [0.25, 0.3) is 0 Å². The Morgan fingerprint density at radius 2 is 1.69 bits per heavy atom. The van der Waals surface area contributed by atoms with Gasteiger partial charge in [-0.3, -0.25) is 4.57 Å². The van der Waals surface area contributed by atoms with Gasteiger partial charge in [0.05, 0.1) is 11.4 Å². The fourth-order valence-corrected chi connectivity index (χ4v) is 5.15. The number of urea groups is 1. The molecule has 214 valence electrons. The van der Waals surface area contributed by atoms with Crippen LogP contribution >= 0.6 is 11.3 Å². The van der Waals surface area contributed by atoms with Crippen LogP contribution in [0.4, 0.5) is 18.0 Å². The maximum absolute atomic E-state index is 12.6. The van der Waals surface area contributed by atoms with Gasteiger partial charge in [-0.1, -0.05) is 42.5 Å². The zero-order valence-electron chi connectivity index (χ0n) is 22.8. The van der Waals surface area contributed by atoms with Crippen LogP contribution in [0.5, 0.6) is 5.75 Å². The lowest BCUT2D eigenvalue weighted by molar-refractivity contribution is -0.274. The van der Waals surface area contributed by atoms with E-state index in [2.05, 4.69) is 25.1 Å². The van der Waals surface area contributed by atoms with Crippen molar-refractivity contribution < 1.29 is 22.7 Å². The zero-order chi connectivity index (χ0) is 29.9. The molecule has 12 heteroatoms. The summed E-state index contributed by atoms with van der Waals surface area (Å²) < 4.78 is 44.5. The molecule has 0 saturated carbocycles. The number of nitrogens with zero attached hydrogens (tertiary/aromatic N) is 5. The Labute approximate surface area is 243 Å². The first-order chi connectivity index (χ1) is 20.1. The lowest BCUT2D eigenvalue weighted by Crippen LogP contribution is -2.22. The van der Waals surface area contributed by atoms with E-state index < -0.39 is 12.4 Å². The summed E-state index contributed by atoms with van der Waals surface area (Å²) in [5.74, 6) is 0.124. The van der Waals surface area contributed by atoms with E-state index in [0.717, 1.165) is 33.6 Å². The molecule has 2 heterocycles. The SMILES string of the molecule is Cc1cccc(C)c1-n1c(C)cs/c1=N\C(=O)N/C=C/c1ccc(-c2ncn(-c3ccc(OC(F)(F)F)cc3)n2)cc1. The molecule has 0 fully saturated rings. The quantitative estimate of drug-likeness (QED) is 0.233. The van der Waals surface area contributed by atoms with E-state index in [0.29, 0.717) is 16.3 Å². The molecule has 0 atom stereocenters. The number of aryl methyl sites for hydroxylation is 3. The second kappa shape index (κ2) is 11.9. The number of carbonyl (C=O) groups excluding carboxylic acids is 1. The summed E-state index contributed by atoms with van der Waals surface area (Å²) in [4.78, 5) is 21.7. The first-order valence-corrected chi connectivity index (χ1v) is 13.6. The summed E-state index contributed by atoms with van der Waals surface area (Å²) in [5, 5.41) is 9.06. The van der Waals surface area contributed by atoms with Crippen LogP contribution in [0.3, 0.4) is 0 Å². The summed E-state index contributed by atoms with van der Waals surface area (Å²) in [7, 11) is 0. The third-order valence-electron chi connectivity index (χ3n) is 6.22. The molecule has 8 nitrogen and oxygen atoms in total. The maximum atomic E-state index is 12.6. The molecule has 0 aliphatic heterocycles. The van der Waals surface area contributed by atoms with Crippen molar-refractivity contribution in [2.75, 3.05) is 0 Å². The first-order valence-electron chi connectivity index (χ1n) is 12.7. The second-order valence-electron chi connectivity index (χ2n) is 9.31. The van der Waals surface area contributed by atoms with Crippen molar-refractivity contribution in [2.24, 2.45) is 4.99 Å². The van der Waals surface area contributed by atoms with E-state index in [4.69, 9.17) is 0 Å². The van der Waals surface area contributed by atoms with Gasteiger partial charge in [0, 0.05) is 22.8 Å². The first kappa shape index (κ1) is 28.6. The van der Waals surface area contributed by atoms with Gasteiger partial charge in [0.2, 0.25) is 0 Å². The number of amides is 2. The van der Waals surface area contributed by atoms with E-state index in [-0.39, 0.29) is 5.75 Å². The Morgan fingerprint density at radius 3 is 2.36 bits per heavy atom. The summed E-state index contributed by atoms with van der Waals surface area (Å²) in [6, 6.07) is 18.3. The molecular weight excluding hydrogens is 565 g/mol. The van der Waals surface area contributed by atoms with Gasteiger partial charge in [-0.05, 0) is 67.8 Å². The highest BCUT2D eigenvalue weighted by molar-refractivity contribution is 7.07. The monoisotopic (exact) mass is 590 g/mol. The smallest absolute Gasteiger partial charge is 0.406 e. The molecule has 0 unspecified atom stereocenters. The summed E-state index contributed by atoms with van der Waals surface area (Å²) in [6.07, 6.45) is -0.00430. The molecule has 5 aromatic rings. The van der Waals surface area contributed by atoms with Crippen molar-refractivity contribution in [3.63, 3.8) is 0 Å². The van der Waals surface area contributed by atoms with E-state index in [1.807, 2.05) is 73.2 Å². The molecule has 0 spiro atoms. The van der Waals surface area contributed by atoms with Crippen molar-refractivity contribution in [1.82, 2.24) is 24.6 Å². The Morgan fingerprint density at radius 1 is 1.00 bits per heavy atom. The average Bonchev–Trinajstić information content (AvgIpc) is 3.56. The number of alkyl halides is 3. The van der Waals surface area contributed by atoms with E-state index in [1.54, 1.807) is 6.08 Å². The van der Waals surface area contributed by atoms with Gasteiger partial charge >= 0.3 is 12.4 Å². The Bertz CT molecular complexity index is 1800. The van der Waals surface area contributed by atoms with Gasteiger partial charge in [-0.15, -0.1) is 29.6 Å². The highest BCUT2D eigenvalue weighted by atomic mass is 32.1. The molecule has 0 aliphatic rings. The minimum atomic E-state index is -4.75. The summed E-state index contributed by atoms with van der Waals surface area (Å²) >= 11 is 1.40. The molecule has 0 radical (unpaired) electrons. The molecular formula is C30H25F3N6O2S. The molecule has 2 amide bonds. The highest BCUT2D eigenvalue weighted by Gasteiger charge is 2.31. The minimum Gasteiger partial charge on any atom is -0.406 e. The van der Waals surface area contributed by atoms with Gasteiger partial charge < -0.3 is 10.1 Å². The molecule has 3 aromatic carbocycles. The number of hydrogen-bond acceptors (Lipinski definition) is 5. The van der Waals surface area contributed by atoms with Crippen LogP contribution in [0.25, 0.3) is 28.8 Å². The van der Waals surface area contributed by atoms with E-state index in [1.165, 1.54) is 52.8 Å². The molecule has 1 N–H and O–H groups in total. The van der Waals surface area contributed by atoms with Crippen molar-refractivity contribution in [3.8, 4) is 28.5 Å². The number of halogens is 3. The number of benzene rings is 3. The molecule has 0 aliphatic carbocycles. The molecule has 0 bridgehead atoms. The lowest BCUT2D eigenvalue weighted by Gasteiger charge is -2.12. The summed E-state index contributed by atoms with van der Waals surface area (Å²) in [6.45, 7) is 6.05. The van der Waals surface area contributed by atoms with Gasteiger partial charge in [0.15, 0.2) is 10.6 Å². The number of hydrogen-bond donors (Lipinski definition) is 1. The van der Waals surface area contributed by atoms with E-state index in [9.17, 15) is 18.0 Å². The Hall–Kier alpha value is -4.97. The Kier molecular flexibility index (Phi) is 8.07. The predicted molar refractivity (Wildman–Crippen MR) is 154 cm³/mol. The molecule has 5 rings (SSSR count). The average molecular weight is 591 g/mol. The topological polar surface area (TPSA) is 86.3 Å². The number of aromatic nitrogens is 4. The van der Waals surface area contributed by atoms with Gasteiger partial charge in [0.1, 0.15) is 12.1 Å². The highest BCUT2D eigenvalue weighted by Crippen LogP contribution is 2.24. The number of para-hydroxylation sites is 1. The fourth-order valence-electron chi connectivity index (χ4n) is 4.29. The van der Waals surface area contributed by atoms with Crippen LogP contribution in [0, 0.1) is 20.8 Å². The van der Waals surface area contributed by atoms with Crippen LogP contribution in [0.1, 0.15) is 22.4 Å². The van der Waals surface area contributed by atoms with Crippen LogP contribution in [0.15, 0.2) is 89.6 Å². The molecule has 0 saturated heterocycles. The van der Waals surface area contributed by atoms with Crippen LogP contribution in [-0.4, -0.2) is 31.7 Å². The number of thiazole rings is 1. The van der Waals surface area contributed by atoms with Crippen molar-refractivity contribution >= 4 is 23.4 Å². The van der Waals surface area contributed by atoms with Crippen LogP contribution < -0.4 is 14.9 Å². The fraction of sp³-hybridized carbons (Fsp3) is 0.133. The molecule has 42 heavy (non-hydrogen) atoms. The number of rotatable bonds is 6. The molecule has 2 aromatic heterocycles. The minimum absolute atomic E-state index is 0.317. The maximum Gasteiger partial charge on any atom is 0.573 e. The number of carbonyl (C=O) groups is 1. The largest absolute Gasteiger partial charge is 0.573 e. The van der Waals surface area contributed by atoms with Crippen molar-refractivity contribution in [1.29, 1.82) is 0 Å². The van der Waals surface area contributed by atoms with E-state index >= 15 is 0 Å². The second-order valence-corrected chi connectivity index (χ2v) is 10.1. The van der Waals surface area contributed by atoms with Crippen LogP contribution in [-0.2, 0) is 0 Å². The number of ether oxygens (including phenoxy) is 1. The zero-order valence-corrected chi connectivity index (χ0v) is 23.6. The normalized spacial score (nSPS) is 12.2. The summed E-state index contributed by atoms with van der Waals surface area (Å²) in [5.41, 5.74) is 6.30. The van der Waals surface area contributed by atoms with Crippen molar-refractivity contribution in [3.05, 3.63) is 112 Å². The van der Waals surface area contributed by atoms with Gasteiger partial charge in [-0.2, -0.15) is 4.99 Å². The predicted octanol–water partition coefficient (Wildman–Crippen LogP) is 6.89.